The normalized spacial score (nSPS) is 27.2. The minimum Gasteiger partial charge on any atom is -0.382 e. The molecule has 0 aromatic heterocycles. The number of ether oxygens (including phenoxy) is 1. The van der Waals surface area contributed by atoms with Crippen LogP contribution in [0.4, 0.5) is 5.69 Å². The summed E-state index contributed by atoms with van der Waals surface area (Å²) < 4.78 is 5.20. The van der Waals surface area contributed by atoms with E-state index in [9.17, 15) is 0 Å². The van der Waals surface area contributed by atoms with Gasteiger partial charge in [-0.05, 0) is 55.2 Å². The van der Waals surface area contributed by atoms with Crippen molar-refractivity contribution in [1.29, 1.82) is 0 Å². The maximum atomic E-state index is 5.20. The summed E-state index contributed by atoms with van der Waals surface area (Å²) in [4.78, 5) is 0. The van der Waals surface area contributed by atoms with Crippen molar-refractivity contribution in [2.45, 2.75) is 51.2 Å². The second kappa shape index (κ2) is 5.96. The molecule has 2 fully saturated rings. The van der Waals surface area contributed by atoms with Crippen molar-refractivity contribution >= 4 is 5.69 Å². The lowest BCUT2D eigenvalue weighted by Gasteiger charge is -2.30. The van der Waals surface area contributed by atoms with E-state index in [2.05, 4.69) is 29.6 Å². The molecule has 2 aliphatic rings. The highest BCUT2D eigenvalue weighted by Gasteiger charge is 2.34. The Kier molecular flexibility index (Phi) is 4.07. The third kappa shape index (κ3) is 3.50. The van der Waals surface area contributed by atoms with Crippen molar-refractivity contribution in [2.75, 3.05) is 12.4 Å². The second-order valence-corrected chi connectivity index (χ2v) is 6.24. The van der Waals surface area contributed by atoms with Crippen LogP contribution in [0.5, 0.6) is 0 Å². The Morgan fingerprint density at radius 3 is 2.84 bits per heavy atom. The van der Waals surface area contributed by atoms with Gasteiger partial charge in [0, 0.05) is 18.8 Å². The lowest BCUT2D eigenvalue weighted by Crippen LogP contribution is -2.28. The van der Waals surface area contributed by atoms with Crippen molar-refractivity contribution in [1.82, 2.24) is 0 Å². The van der Waals surface area contributed by atoms with Gasteiger partial charge in [-0.1, -0.05) is 25.0 Å². The van der Waals surface area contributed by atoms with Crippen LogP contribution in [0.1, 0.15) is 44.1 Å². The van der Waals surface area contributed by atoms with Crippen molar-refractivity contribution in [2.24, 2.45) is 11.8 Å². The van der Waals surface area contributed by atoms with Crippen LogP contribution in [-0.4, -0.2) is 13.2 Å². The van der Waals surface area contributed by atoms with Gasteiger partial charge in [0.2, 0.25) is 0 Å². The van der Waals surface area contributed by atoms with Crippen LogP contribution in [-0.2, 0) is 11.3 Å². The number of rotatable bonds is 5. The Morgan fingerprint density at radius 2 is 2.05 bits per heavy atom. The highest BCUT2D eigenvalue weighted by atomic mass is 16.5. The molecule has 2 atom stereocenters. The van der Waals surface area contributed by atoms with E-state index in [1.807, 2.05) is 0 Å². The summed E-state index contributed by atoms with van der Waals surface area (Å²) in [5.74, 6) is 2.05. The molecule has 0 aliphatic heterocycles. The SMILES string of the molecule is COCc1cccc(NC2CCCC(C3CC3)C2)c1. The van der Waals surface area contributed by atoms with E-state index >= 15 is 0 Å². The zero-order valence-electron chi connectivity index (χ0n) is 11.9. The van der Waals surface area contributed by atoms with Gasteiger partial charge in [-0.2, -0.15) is 0 Å². The topological polar surface area (TPSA) is 21.3 Å². The van der Waals surface area contributed by atoms with E-state index in [0.29, 0.717) is 12.6 Å². The van der Waals surface area contributed by atoms with Crippen molar-refractivity contribution in [3.05, 3.63) is 29.8 Å². The zero-order valence-corrected chi connectivity index (χ0v) is 11.9. The molecule has 0 radical (unpaired) electrons. The standard InChI is InChI=1S/C17H25NO/c1-19-12-13-4-2-6-16(10-13)18-17-7-3-5-15(11-17)14-8-9-14/h2,4,6,10,14-15,17-18H,3,5,7-9,11-12H2,1H3. The predicted molar refractivity (Wildman–Crippen MR) is 79.2 cm³/mol. The minimum atomic E-state index is 0.678. The molecule has 0 amide bonds. The van der Waals surface area contributed by atoms with E-state index < -0.39 is 0 Å². The van der Waals surface area contributed by atoms with Crippen LogP contribution in [0, 0.1) is 11.8 Å². The number of hydrogen-bond donors (Lipinski definition) is 1. The van der Waals surface area contributed by atoms with Gasteiger partial charge in [-0.3, -0.25) is 0 Å². The van der Waals surface area contributed by atoms with E-state index in [4.69, 9.17) is 4.74 Å². The summed E-state index contributed by atoms with van der Waals surface area (Å²) in [5, 5.41) is 3.74. The minimum absolute atomic E-state index is 0.678. The first-order chi connectivity index (χ1) is 9.35. The molecule has 2 unspecified atom stereocenters. The Labute approximate surface area is 116 Å². The zero-order chi connectivity index (χ0) is 13.1. The van der Waals surface area contributed by atoms with Gasteiger partial charge in [0.1, 0.15) is 0 Å². The summed E-state index contributed by atoms with van der Waals surface area (Å²) in [5.41, 5.74) is 2.51. The molecule has 104 valence electrons. The summed E-state index contributed by atoms with van der Waals surface area (Å²) in [6.07, 6.45) is 8.54. The largest absolute Gasteiger partial charge is 0.382 e. The molecule has 0 saturated heterocycles. The van der Waals surface area contributed by atoms with Crippen LogP contribution in [0.15, 0.2) is 24.3 Å². The summed E-state index contributed by atoms with van der Waals surface area (Å²) in [7, 11) is 1.75. The average molecular weight is 259 g/mol. The maximum Gasteiger partial charge on any atom is 0.0713 e. The Bertz CT molecular complexity index is 413. The average Bonchev–Trinajstić information content (AvgIpc) is 3.24. The van der Waals surface area contributed by atoms with Crippen molar-refractivity contribution in [3.63, 3.8) is 0 Å². The number of methoxy groups -OCH3 is 1. The number of hydrogen-bond acceptors (Lipinski definition) is 2. The first-order valence-corrected chi connectivity index (χ1v) is 7.69. The maximum absolute atomic E-state index is 5.20. The van der Waals surface area contributed by atoms with Gasteiger partial charge in [0.05, 0.1) is 6.61 Å². The van der Waals surface area contributed by atoms with Gasteiger partial charge in [0.15, 0.2) is 0 Å². The Balaban J connectivity index is 1.58. The number of benzene rings is 1. The van der Waals surface area contributed by atoms with Gasteiger partial charge in [-0.15, -0.1) is 0 Å². The highest BCUT2D eigenvalue weighted by Crippen LogP contribution is 2.44. The molecule has 3 rings (SSSR count). The van der Waals surface area contributed by atoms with E-state index in [-0.39, 0.29) is 0 Å². The molecule has 1 aromatic carbocycles. The molecule has 19 heavy (non-hydrogen) atoms. The fourth-order valence-electron chi connectivity index (χ4n) is 3.51. The van der Waals surface area contributed by atoms with Crippen LogP contribution >= 0.6 is 0 Å². The number of anilines is 1. The van der Waals surface area contributed by atoms with Crippen LogP contribution < -0.4 is 5.32 Å². The van der Waals surface area contributed by atoms with Gasteiger partial charge in [-0.25, -0.2) is 0 Å². The first kappa shape index (κ1) is 13.0. The molecule has 2 saturated carbocycles. The smallest absolute Gasteiger partial charge is 0.0713 e. The van der Waals surface area contributed by atoms with Gasteiger partial charge in [0.25, 0.3) is 0 Å². The fraction of sp³-hybridized carbons (Fsp3) is 0.647. The molecule has 2 aliphatic carbocycles. The molecule has 0 spiro atoms. The van der Waals surface area contributed by atoms with Gasteiger partial charge < -0.3 is 10.1 Å². The van der Waals surface area contributed by atoms with Crippen LogP contribution in [0.3, 0.4) is 0 Å². The molecule has 0 bridgehead atoms. The Hall–Kier alpha value is -1.02. The van der Waals surface area contributed by atoms with E-state index in [0.717, 1.165) is 11.8 Å². The molecular weight excluding hydrogens is 234 g/mol. The first-order valence-electron chi connectivity index (χ1n) is 7.69. The third-order valence-corrected chi connectivity index (χ3v) is 4.61. The molecule has 2 nitrogen and oxygen atoms in total. The Morgan fingerprint density at radius 1 is 1.16 bits per heavy atom. The summed E-state index contributed by atoms with van der Waals surface area (Å²) >= 11 is 0. The van der Waals surface area contributed by atoms with Crippen LogP contribution in [0.25, 0.3) is 0 Å². The van der Waals surface area contributed by atoms with Crippen molar-refractivity contribution in [3.8, 4) is 0 Å². The quantitative estimate of drug-likeness (QED) is 0.855. The van der Waals surface area contributed by atoms with E-state index in [1.54, 1.807) is 7.11 Å². The molecular formula is C17H25NO. The number of nitrogens with one attached hydrogen (secondary N) is 1. The van der Waals surface area contributed by atoms with Crippen molar-refractivity contribution < 1.29 is 4.74 Å². The highest BCUT2D eigenvalue weighted by molar-refractivity contribution is 5.46. The molecule has 1 aromatic rings. The van der Waals surface area contributed by atoms with Gasteiger partial charge >= 0.3 is 0 Å². The third-order valence-electron chi connectivity index (χ3n) is 4.61. The van der Waals surface area contributed by atoms with E-state index in [1.165, 1.54) is 49.8 Å². The second-order valence-electron chi connectivity index (χ2n) is 6.24. The monoisotopic (exact) mass is 259 g/mol. The van der Waals surface area contributed by atoms with Crippen LogP contribution in [0.2, 0.25) is 0 Å². The fourth-order valence-corrected chi connectivity index (χ4v) is 3.51. The summed E-state index contributed by atoms with van der Waals surface area (Å²) in [6, 6.07) is 9.34. The lowest BCUT2D eigenvalue weighted by atomic mass is 9.82. The summed E-state index contributed by atoms with van der Waals surface area (Å²) in [6.45, 7) is 0.699. The lowest BCUT2D eigenvalue weighted by molar-refractivity contribution is 0.185. The molecule has 1 N–H and O–H groups in total. The molecule has 2 heteroatoms. The predicted octanol–water partition coefficient (Wildman–Crippen LogP) is 4.21. The molecule has 0 heterocycles.